The van der Waals surface area contributed by atoms with Gasteiger partial charge in [-0.25, -0.2) is 4.98 Å². The van der Waals surface area contributed by atoms with E-state index in [1.54, 1.807) is 12.5 Å². The summed E-state index contributed by atoms with van der Waals surface area (Å²) in [6.07, 6.45) is 5.25. The monoisotopic (exact) mass is 424 g/mol. The summed E-state index contributed by atoms with van der Waals surface area (Å²) < 4.78 is 1.82. The SMILES string of the molecule is O=C(C(c1ccccc1)c1ccccc1)N1CCN(c2ccc(-n3ccnc3)nn2)CC1. The number of benzene rings is 2. The van der Waals surface area contributed by atoms with Crippen LogP contribution in [0.2, 0.25) is 0 Å². The Kier molecular flexibility index (Phi) is 5.61. The summed E-state index contributed by atoms with van der Waals surface area (Å²) in [5.41, 5.74) is 2.04. The fraction of sp³-hybridized carbons (Fsp3) is 0.200. The number of hydrogen-bond donors (Lipinski definition) is 0. The van der Waals surface area contributed by atoms with E-state index >= 15 is 0 Å². The summed E-state index contributed by atoms with van der Waals surface area (Å²) in [4.78, 5) is 21.8. The van der Waals surface area contributed by atoms with Crippen molar-refractivity contribution in [1.29, 1.82) is 0 Å². The van der Waals surface area contributed by atoms with Crippen molar-refractivity contribution in [1.82, 2.24) is 24.6 Å². The Morgan fingerprint density at radius 1 is 0.750 bits per heavy atom. The highest BCUT2D eigenvalue weighted by Crippen LogP contribution is 2.27. The summed E-state index contributed by atoms with van der Waals surface area (Å²) in [5, 5.41) is 8.69. The van der Waals surface area contributed by atoms with E-state index in [0.717, 1.165) is 35.9 Å². The molecule has 0 bridgehead atoms. The van der Waals surface area contributed by atoms with Gasteiger partial charge in [0.05, 0.1) is 5.92 Å². The topological polar surface area (TPSA) is 67.2 Å². The maximum Gasteiger partial charge on any atom is 0.234 e. The zero-order valence-corrected chi connectivity index (χ0v) is 17.7. The van der Waals surface area contributed by atoms with E-state index in [-0.39, 0.29) is 11.8 Å². The summed E-state index contributed by atoms with van der Waals surface area (Å²) in [7, 11) is 0. The fourth-order valence-electron chi connectivity index (χ4n) is 4.13. The molecule has 160 valence electrons. The Morgan fingerprint density at radius 3 is 1.88 bits per heavy atom. The molecule has 2 aromatic carbocycles. The van der Waals surface area contributed by atoms with Crippen LogP contribution in [0.1, 0.15) is 17.0 Å². The first kappa shape index (κ1) is 19.9. The summed E-state index contributed by atoms with van der Waals surface area (Å²) in [6, 6.07) is 23.9. The van der Waals surface area contributed by atoms with Crippen LogP contribution >= 0.6 is 0 Å². The van der Waals surface area contributed by atoms with Crippen LogP contribution in [0, 0.1) is 0 Å². The molecule has 1 aliphatic heterocycles. The fourth-order valence-corrected chi connectivity index (χ4v) is 4.13. The van der Waals surface area contributed by atoms with Gasteiger partial charge < -0.3 is 9.80 Å². The molecular formula is C25H24N6O. The lowest BCUT2D eigenvalue weighted by molar-refractivity contribution is -0.132. The first-order valence-corrected chi connectivity index (χ1v) is 10.8. The van der Waals surface area contributed by atoms with Gasteiger partial charge in [0.2, 0.25) is 5.91 Å². The molecule has 0 aliphatic carbocycles. The van der Waals surface area contributed by atoms with E-state index in [2.05, 4.69) is 20.1 Å². The Balaban J connectivity index is 1.29. The van der Waals surface area contributed by atoms with E-state index in [0.29, 0.717) is 13.1 Å². The van der Waals surface area contributed by atoms with E-state index < -0.39 is 0 Å². The van der Waals surface area contributed by atoms with Crippen LogP contribution in [0.25, 0.3) is 5.82 Å². The third-order valence-corrected chi connectivity index (χ3v) is 5.83. The molecule has 0 N–H and O–H groups in total. The average Bonchev–Trinajstić information content (AvgIpc) is 3.41. The van der Waals surface area contributed by atoms with Crippen molar-refractivity contribution in [2.24, 2.45) is 0 Å². The first-order valence-electron chi connectivity index (χ1n) is 10.8. The molecule has 1 saturated heterocycles. The zero-order chi connectivity index (χ0) is 21.8. The third-order valence-electron chi connectivity index (χ3n) is 5.83. The number of aromatic nitrogens is 4. The highest BCUT2D eigenvalue weighted by Gasteiger charge is 2.30. The molecule has 4 aromatic rings. The Bertz CT molecular complexity index is 1100. The van der Waals surface area contributed by atoms with Crippen LogP contribution in [0.15, 0.2) is 91.5 Å². The summed E-state index contributed by atoms with van der Waals surface area (Å²) in [5.74, 6) is 1.40. The first-order chi connectivity index (χ1) is 15.8. The smallest absolute Gasteiger partial charge is 0.234 e. The van der Waals surface area contributed by atoms with Gasteiger partial charge in [-0.15, -0.1) is 10.2 Å². The molecule has 0 radical (unpaired) electrons. The summed E-state index contributed by atoms with van der Waals surface area (Å²) in [6.45, 7) is 2.75. The van der Waals surface area contributed by atoms with Crippen molar-refractivity contribution in [3.63, 3.8) is 0 Å². The molecular weight excluding hydrogens is 400 g/mol. The van der Waals surface area contributed by atoms with E-state index in [9.17, 15) is 4.79 Å². The lowest BCUT2D eigenvalue weighted by Gasteiger charge is -2.37. The van der Waals surface area contributed by atoms with Crippen LogP contribution in [0.5, 0.6) is 0 Å². The maximum absolute atomic E-state index is 13.6. The number of imidazole rings is 1. The quantitative estimate of drug-likeness (QED) is 0.492. The molecule has 2 aromatic heterocycles. The molecule has 1 fully saturated rings. The van der Waals surface area contributed by atoms with E-state index in [4.69, 9.17) is 0 Å². The maximum atomic E-state index is 13.6. The highest BCUT2D eigenvalue weighted by molar-refractivity contribution is 5.87. The zero-order valence-electron chi connectivity index (χ0n) is 17.7. The van der Waals surface area contributed by atoms with Crippen molar-refractivity contribution in [2.45, 2.75) is 5.92 Å². The van der Waals surface area contributed by atoms with Gasteiger partial charge in [-0.2, -0.15) is 0 Å². The van der Waals surface area contributed by atoms with Crippen LogP contribution in [0.4, 0.5) is 5.82 Å². The van der Waals surface area contributed by atoms with Gasteiger partial charge in [0.25, 0.3) is 0 Å². The number of amides is 1. The Labute approximate surface area is 187 Å². The average molecular weight is 425 g/mol. The van der Waals surface area contributed by atoms with Crippen LogP contribution in [0.3, 0.4) is 0 Å². The van der Waals surface area contributed by atoms with Crippen molar-refractivity contribution < 1.29 is 4.79 Å². The van der Waals surface area contributed by atoms with Crippen molar-refractivity contribution >= 4 is 11.7 Å². The van der Waals surface area contributed by atoms with Gasteiger partial charge >= 0.3 is 0 Å². The molecule has 1 aliphatic rings. The van der Waals surface area contributed by atoms with Gasteiger partial charge in [0, 0.05) is 38.6 Å². The second-order valence-electron chi connectivity index (χ2n) is 7.79. The van der Waals surface area contributed by atoms with Gasteiger partial charge in [-0.1, -0.05) is 60.7 Å². The molecule has 0 spiro atoms. The number of hydrogen-bond acceptors (Lipinski definition) is 5. The molecule has 7 heteroatoms. The highest BCUT2D eigenvalue weighted by atomic mass is 16.2. The number of piperazine rings is 1. The Morgan fingerprint density at radius 2 is 1.34 bits per heavy atom. The number of nitrogens with zero attached hydrogens (tertiary/aromatic N) is 6. The second kappa shape index (κ2) is 9.01. The predicted octanol–water partition coefficient (Wildman–Crippen LogP) is 3.14. The molecule has 5 rings (SSSR count). The van der Waals surface area contributed by atoms with Crippen molar-refractivity contribution in [3.05, 3.63) is 103 Å². The largest absolute Gasteiger partial charge is 0.352 e. The molecule has 32 heavy (non-hydrogen) atoms. The molecule has 1 amide bonds. The molecule has 0 atom stereocenters. The lowest BCUT2D eigenvalue weighted by Crippen LogP contribution is -2.50. The third kappa shape index (κ3) is 4.09. The Hall–Kier alpha value is -4.00. The summed E-state index contributed by atoms with van der Waals surface area (Å²) >= 11 is 0. The van der Waals surface area contributed by atoms with E-state index in [1.165, 1.54) is 0 Å². The molecule has 0 unspecified atom stereocenters. The lowest BCUT2D eigenvalue weighted by atomic mass is 9.90. The molecule has 7 nitrogen and oxygen atoms in total. The molecule has 0 saturated carbocycles. The van der Waals surface area contributed by atoms with Gasteiger partial charge in [0.1, 0.15) is 6.33 Å². The number of anilines is 1. The second-order valence-corrected chi connectivity index (χ2v) is 7.79. The van der Waals surface area contributed by atoms with E-state index in [1.807, 2.05) is 88.5 Å². The number of carbonyl (C=O) groups is 1. The van der Waals surface area contributed by atoms with Crippen molar-refractivity contribution in [2.75, 3.05) is 31.1 Å². The predicted molar refractivity (Wildman–Crippen MR) is 123 cm³/mol. The minimum Gasteiger partial charge on any atom is -0.352 e. The van der Waals surface area contributed by atoms with Crippen LogP contribution in [-0.2, 0) is 4.79 Å². The van der Waals surface area contributed by atoms with Crippen molar-refractivity contribution in [3.8, 4) is 5.82 Å². The molecule has 3 heterocycles. The van der Waals surface area contributed by atoms with Gasteiger partial charge in [-0.3, -0.25) is 9.36 Å². The number of carbonyl (C=O) groups excluding carboxylic acids is 1. The number of rotatable bonds is 5. The van der Waals surface area contributed by atoms with Gasteiger partial charge in [0.15, 0.2) is 11.6 Å². The van der Waals surface area contributed by atoms with Gasteiger partial charge in [-0.05, 0) is 23.3 Å². The normalized spacial score (nSPS) is 14.0. The van der Waals surface area contributed by atoms with Crippen LogP contribution in [-0.4, -0.2) is 56.7 Å². The van der Waals surface area contributed by atoms with Crippen LogP contribution < -0.4 is 4.90 Å². The minimum atomic E-state index is -0.293. The standard InChI is InChI=1S/C25H24N6O/c32-25(24(20-7-3-1-4-8-20)21-9-5-2-6-10-21)30-17-15-29(16-18-30)22-11-12-23(28-27-22)31-14-13-26-19-31/h1-14,19,24H,15-18H2. The minimum absolute atomic E-state index is 0.142.